The van der Waals surface area contributed by atoms with Gasteiger partial charge in [-0.1, -0.05) is 41.9 Å². The number of halogens is 1. The second-order valence-corrected chi connectivity index (χ2v) is 11.6. The van der Waals surface area contributed by atoms with Crippen molar-refractivity contribution in [3.63, 3.8) is 0 Å². The summed E-state index contributed by atoms with van der Waals surface area (Å²) in [7, 11) is 0. The molecular weight excluding hydrogens is 610 g/mol. The summed E-state index contributed by atoms with van der Waals surface area (Å²) in [6.07, 6.45) is 3.12. The Kier molecular flexibility index (Phi) is 8.28. The van der Waals surface area contributed by atoms with E-state index in [1.165, 1.54) is 11.3 Å². The van der Waals surface area contributed by atoms with E-state index in [0.29, 0.717) is 22.4 Å². The molecule has 3 aromatic carbocycles. The average Bonchev–Trinajstić information content (AvgIpc) is 3.67. The van der Waals surface area contributed by atoms with Crippen molar-refractivity contribution < 1.29 is 14.3 Å². The summed E-state index contributed by atoms with van der Waals surface area (Å²) in [5, 5.41) is 8.67. The number of nitrogens with one attached hydrogen (secondary N) is 2. The largest absolute Gasteiger partial charge is 0.444 e. The molecule has 2 N–H and O–H groups in total. The molecule has 0 bridgehead atoms. The monoisotopic (exact) mass is 637 g/mol. The topological polar surface area (TPSA) is 106 Å². The number of fused-ring (bicyclic) bond motifs is 1. The maximum atomic E-state index is 12.6. The number of hydrogen-bond donors (Lipinski definition) is 2. The van der Waals surface area contributed by atoms with Crippen LogP contribution in [0.2, 0.25) is 5.02 Å². The Morgan fingerprint density at radius 1 is 0.978 bits per heavy atom. The van der Waals surface area contributed by atoms with Crippen LogP contribution in [0.25, 0.3) is 27.6 Å². The molecule has 0 spiro atoms. The molecule has 1 aliphatic rings. The molecular formula is C33H28ClN7O3S. The number of amides is 1. The molecule has 1 aliphatic heterocycles. The predicted octanol–water partition coefficient (Wildman–Crippen LogP) is 7.50. The van der Waals surface area contributed by atoms with Gasteiger partial charge in [0, 0.05) is 64.1 Å². The van der Waals surface area contributed by atoms with E-state index >= 15 is 0 Å². The fourth-order valence-corrected chi connectivity index (χ4v) is 6.05. The molecule has 1 amide bonds. The predicted molar refractivity (Wildman–Crippen MR) is 178 cm³/mol. The lowest BCUT2D eigenvalue weighted by Crippen LogP contribution is -2.36. The fraction of sp³-hybridized carbons (Fsp3) is 0.152. The molecule has 12 heteroatoms. The van der Waals surface area contributed by atoms with Gasteiger partial charge in [0.2, 0.25) is 5.95 Å². The third kappa shape index (κ3) is 6.46. The van der Waals surface area contributed by atoms with Crippen LogP contribution < -0.4 is 15.5 Å². The van der Waals surface area contributed by atoms with Crippen LogP contribution in [0.15, 0.2) is 96.6 Å². The molecule has 0 radical (unpaired) electrons. The molecule has 0 aliphatic carbocycles. The number of aromatic nitrogens is 4. The van der Waals surface area contributed by atoms with Gasteiger partial charge in [-0.05, 0) is 48.5 Å². The van der Waals surface area contributed by atoms with Gasteiger partial charge in [-0.25, -0.2) is 19.7 Å². The van der Waals surface area contributed by atoms with E-state index < -0.39 is 6.09 Å². The first kappa shape index (κ1) is 28.8. The summed E-state index contributed by atoms with van der Waals surface area (Å²) < 4.78 is 12.9. The van der Waals surface area contributed by atoms with Crippen LogP contribution in [0.1, 0.15) is 5.56 Å². The lowest BCUT2D eigenvalue weighted by molar-refractivity contribution is 0.122. The number of rotatable bonds is 8. The molecule has 0 saturated carbocycles. The van der Waals surface area contributed by atoms with Gasteiger partial charge < -0.3 is 19.7 Å². The van der Waals surface area contributed by atoms with Crippen molar-refractivity contribution >= 4 is 57.0 Å². The van der Waals surface area contributed by atoms with Crippen molar-refractivity contribution in [3.05, 3.63) is 107 Å². The lowest BCUT2D eigenvalue weighted by atomic mass is 10.1. The van der Waals surface area contributed by atoms with E-state index in [0.717, 1.165) is 65.2 Å². The van der Waals surface area contributed by atoms with E-state index in [1.54, 1.807) is 18.3 Å². The Bertz CT molecular complexity index is 1950. The third-order valence-electron chi connectivity index (χ3n) is 7.36. The number of ether oxygens (including phenoxy) is 2. The normalized spacial score (nSPS) is 13.1. The van der Waals surface area contributed by atoms with Crippen molar-refractivity contribution in [3.8, 4) is 22.6 Å². The van der Waals surface area contributed by atoms with Crippen molar-refractivity contribution in [2.45, 2.75) is 6.61 Å². The van der Waals surface area contributed by atoms with E-state index in [2.05, 4.69) is 32.7 Å². The number of benzene rings is 3. The van der Waals surface area contributed by atoms with Gasteiger partial charge in [-0.15, -0.1) is 11.3 Å². The first-order valence-electron chi connectivity index (χ1n) is 14.4. The van der Waals surface area contributed by atoms with E-state index in [1.807, 2.05) is 70.6 Å². The quantitative estimate of drug-likeness (QED) is 0.177. The summed E-state index contributed by atoms with van der Waals surface area (Å²) >= 11 is 7.72. The van der Waals surface area contributed by atoms with Crippen molar-refractivity contribution in [2.24, 2.45) is 0 Å². The molecule has 4 heterocycles. The number of hydrogen-bond acceptors (Lipinski definition) is 9. The first-order valence-corrected chi connectivity index (χ1v) is 15.6. The Balaban J connectivity index is 1.11. The number of carbonyl (C=O) groups is 1. The maximum Gasteiger partial charge on any atom is 0.411 e. The molecule has 1 saturated heterocycles. The Labute approximate surface area is 268 Å². The minimum Gasteiger partial charge on any atom is -0.444 e. The second kappa shape index (κ2) is 12.9. The Morgan fingerprint density at radius 3 is 2.67 bits per heavy atom. The zero-order chi connectivity index (χ0) is 30.6. The smallest absolute Gasteiger partial charge is 0.411 e. The van der Waals surface area contributed by atoms with Crippen LogP contribution in [0.3, 0.4) is 0 Å². The summed E-state index contributed by atoms with van der Waals surface area (Å²) in [5.74, 6) is 0.472. The summed E-state index contributed by atoms with van der Waals surface area (Å²) in [6, 6.07) is 24.8. The molecule has 226 valence electrons. The second-order valence-electron chi connectivity index (χ2n) is 10.3. The number of morpholine rings is 1. The van der Waals surface area contributed by atoms with Gasteiger partial charge in [-0.2, -0.15) is 0 Å². The van der Waals surface area contributed by atoms with Gasteiger partial charge in [0.1, 0.15) is 12.3 Å². The number of thiazole rings is 1. The highest BCUT2D eigenvalue weighted by Gasteiger charge is 2.19. The highest BCUT2D eigenvalue weighted by Crippen LogP contribution is 2.35. The average molecular weight is 638 g/mol. The van der Waals surface area contributed by atoms with E-state index in [9.17, 15) is 4.79 Å². The molecule has 1 fully saturated rings. The Morgan fingerprint density at radius 2 is 1.82 bits per heavy atom. The van der Waals surface area contributed by atoms with Crippen LogP contribution in [0.4, 0.5) is 27.8 Å². The van der Waals surface area contributed by atoms with E-state index in [-0.39, 0.29) is 6.61 Å². The van der Waals surface area contributed by atoms with Crippen molar-refractivity contribution in [1.29, 1.82) is 0 Å². The summed E-state index contributed by atoms with van der Waals surface area (Å²) in [4.78, 5) is 30.0. The van der Waals surface area contributed by atoms with Gasteiger partial charge >= 0.3 is 6.09 Å². The zero-order valence-corrected chi connectivity index (χ0v) is 25.6. The Hall–Kier alpha value is -4.97. The van der Waals surface area contributed by atoms with Crippen LogP contribution in [0.5, 0.6) is 0 Å². The molecule has 3 aromatic heterocycles. The van der Waals surface area contributed by atoms with Crippen LogP contribution in [0, 0.1) is 0 Å². The van der Waals surface area contributed by atoms with Gasteiger partial charge in [0.15, 0.2) is 4.96 Å². The molecule has 0 unspecified atom stereocenters. The minimum atomic E-state index is -0.581. The van der Waals surface area contributed by atoms with Gasteiger partial charge in [0.25, 0.3) is 0 Å². The first-order chi connectivity index (χ1) is 22.1. The number of nitrogens with zero attached hydrogens (tertiary/aromatic N) is 5. The fourth-order valence-electron chi connectivity index (χ4n) is 5.15. The van der Waals surface area contributed by atoms with Crippen molar-refractivity contribution in [1.82, 2.24) is 19.4 Å². The summed E-state index contributed by atoms with van der Waals surface area (Å²) in [6.45, 7) is 3.32. The minimum absolute atomic E-state index is 0.0643. The highest BCUT2D eigenvalue weighted by molar-refractivity contribution is 7.15. The standard InChI is InChI=1S/C33H28ClN7O3S/c34-27-7-2-1-4-23(27)21-44-33(42)37-25-6-3-5-22(20-25)29-30(41-16-19-45-32(41)39-29)28-12-13-35-31(38-28)36-24-8-10-26(11-9-24)40-14-17-43-18-15-40/h1-13,16,19-20H,14-15,17-18,21H2,(H,37,42)(H,35,36,38). The molecule has 6 aromatic rings. The highest BCUT2D eigenvalue weighted by atomic mass is 35.5. The maximum absolute atomic E-state index is 12.6. The lowest BCUT2D eigenvalue weighted by Gasteiger charge is -2.28. The molecule has 7 rings (SSSR count). The molecule has 10 nitrogen and oxygen atoms in total. The van der Waals surface area contributed by atoms with Crippen molar-refractivity contribution in [2.75, 3.05) is 41.8 Å². The number of anilines is 4. The summed E-state index contributed by atoms with van der Waals surface area (Å²) in [5.41, 5.74) is 6.42. The third-order valence-corrected chi connectivity index (χ3v) is 8.48. The van der Waals surface area contributed by atoms with E-state index in [4.69, 9.17) is 31.0 Å². The van der Waals surface area contributed by atoms with Gasteiger partial charge in [0.05, 0.1) is 24.6 Å². The van der Waals surface area contributed by atoms with Crippen LogP contribution in [-0.4, -0.2) is 51.7 Å². The van der Waals surface area contributed by atoms with Crippen LogP contribution >= 0.6 is 22.9 Å². The number of imidazole rings is 1. The SMILES string of the molecule is O=C(Nc1cccc(-c2nc3sccn3c2-c2ccnc(Nc3ccc(N4CCOCC4)cc3)n2)c1)OCc1ccccc1Cl. The molecule has 0 atom stereocenters. The zero-order valence-electron chi connectivity index (χ0n) is 24.0. The molecule has 45 heavy (non-hydrogen) atoms. The van der Waals surface area contributed by atoms with Gasteiger partial charge in [-0.3, -0.25) is 9.72 Å². The number of carbonyl (C=O) groups excluding carboxylic acids is 1. The van der Waals surface area contributed by atoms with Crippen LogP contribution in [-0.2, 0) is 16.1 Å².